The quantitative estimate of drug-likeness (QED) is 0.907. The Labute approximate surface area is 121 Å². The molecule has 0 aliphatic heterocycles. The van der Waals surface area contributed by atoms with Crippen molar-refractivity contribution >= 4 is 5.69 Å². The van der Waals surface area contributed by atoms with Gasteiger partial charge in [0.05, 0.1) is 16.8 Å². The molecule has 0 aromatic heterocycles. The van der Waals surface area contributed by atoms with Crippen molar-refractivity contribution in [2.45, 2.75) is 13.0 Å². The zero-order chi connectivity index (χ0) is 15.4. The van der Waals surface area contributed by atoms with Gasteiger partial charge in [-0.15, -0.1) is 0 Å². The van der Waals surface area contributed by atoms with Crippen molar-refractivity contribution in [2.75, 3.05) is 11.9 Å². The number of nitriles is 1. The van der Waals surface area contributed by atoms with E-state index in [2.05, 4.69) is 11.4 Å². The Hall–Kier alpha value is -2.45. The maximum absolute atomic E-state index is 13.6. The summed E-state index contributed by atoms with van der Waals surface area (Å²) >= 11 is 0. The fourth-order valence-electron chi connectivity index (χ4n) is 2.10. The fraction of sp³-hybridized carbons (Fsp3) is 0.188. The van der Waals surface area contributed by atoms with Gasteiger partial charge < -0.3 is 10.4 Å². The molecule has 0 saturated carbocycles. The molecule has 3 nitrogen and oxygen atoms in total. The Morgan fingerprint density at radius 2 is 1.81 bits per heavy atom. The molecular weight excluding hydrogens is 274 g/mol. The van der Waals surface area contributed by atoms with Crippen molar-refractivity contribution in [3.63, 3.8) is 0 Å². The number of nitrogens with one attached hydrogen (secondary N) is 1. The molecule has 0 aliphatic carbocycles. The molecule has 2 N–H and O–H groups in total. The summed E-state index contributed by atoms with van der Waals surface area (Å²) in [6.07, 6.45) is -1.35. The van der Waals surface area contributed by atoms with Crippen molar-refractivity contribution in [1.29, 1.82) is 5.26 Å². The normalized spacial score (nSPS) is 11.8. The van der Waals surface area contributed by atoms with Gasteiger partial charge in [0.1, 0.15) is 23.8 Å². The average Bonchev–Trinajstić information content (AvgIpc) is 2.45. The summed E-state index contributed by atoms with van der Waals surface area (Å²) in [6, 6.07) is 10.7. The van der Waals surface area contributed by atoms with Gasteiger partial charge in [0.15, 0.2) is 0 Å². The van der Waals surface area contributed by atoms with Crippen LogP contribution in [0.4, 0.5) is 14.5 Å². The van der Waals surface area contributed by atoms with Crippen LogP contribution >= 0.6 is 0 Å². The lowest BCUT2D eigenvalue weighted by Gasteiger charge is -2.16. The van der Waals surface area contributed by atoms with E-state index >= 15 is 0 Å². The van der Waals surface area contributed by atoms with Gasteiger partial charge in [-0.3, -0.25) is 0 Å². The van der Waals surface area contributed by atoms with Gasteiger partial charge in [-0.25, -0.2) is 8.78 Å². The minimum atomic E-state index is -1.35. The van der Waals surface area contributed by atoms with Gasteiger partial charge in [0.25, 0.3) is 0 Å². The van der Waals surface area contributed by atoms with Crippen LogP contribution in [0.25, 0.3) is 0 Å². The number of benzene rings is 2. The fourth-order valence-corrected chi connectivity index (χ4v) is 2.10. The molecule has 108 valence electrons. The molecule has 0 saturated heterocycles. The molecule has 1 unspecified atom stereocenters. The molecule has 2 aromatic rings. The number of aliphatic hydroxyl groups is 1. The first-order chi connectivity index (χ1) is 10.0. The molecule has 2 aromatic carbocycles. The van der Waals surface area contributed by atoms with Crippen LogP contribution in [0.15, 0.2) is 36.4 Å². The second kappa shape index (κ2) is 6.33. The lowest BCUT2D eigenvalue weighted by Crippen LogP contribution is -2.15. The molecule has 0 amide bonds. The van der Waals surface area contributed by atoms with E-state index in [1.165, 1.54) is 6.07 Å². The summed E-state index contributed by atoms with van der Waals surface area (Å²) in [5.41, 5.74) is 1.37. The van der Waals surface area contributed by atoms with E-state index < -0.39 is 17.7 Å². The average molecular weight is 288 g/mol. The molecule has 1 atom stereocenters. The Morgan fingerprint density at radius 3 is 2.43 bits per heavy atom. The number of aliphatic hydroxyl groups excluding tert-OH is 1. The number of nitrogens with zero attached hydrogens (tertiary/aromatic N) is 1. The van der Waals surface area contributed by atoms with Gasteiger partial charge >= 0.3 is 0 Å². The monoisotopic (exact) mass is 288 g/mol. The molecule has 0 aliphatic rings. The van der Waals surface area contributed by atoms with Crippen LogP contribution in [0.3, 0.4) is 0 Å². The summed E-state index contributed by atoms with van der Waals surface area (Å²) in [4.78, 5) is 0. The highest BCUT2D eigenvalue weighted by Gasteiger charge is 2.18. The molecule has 0 bridgehead atoms. The van der Waals surface area contributed by atoms with Crippen molar-refractivity contribution in [3.05, 3.63) is 64.7 Å². The number of rotatable bonds is 4. The van der Waals surface area contributed by atoms with Crippen LogP contribution in [0, 0.1) is 29.9 Å². The lowest BCUT2D eigenvalue weighted by atomic mass is 10.1. The first kappa shape index (κ1) is 14.9. The lowest BCUT2D eigenvalue weighted by molar-refractivity contribution is 0.181. The van der Waals surface area contributed by atoms with Gasteiger partial charge in [-0.05, 0) is 30.7 Å². The predicted octanol–water partition coefficient (Wildman–Crippen LogP) is 3.29. The van der Waals surface area contributed by atoms with E-state index in [9.17, 15) is 13.9 Å². The second-order valence-corrected chi connectivity index (χ2v) is 4.64. The Balaban J connectivity index is 2.18. The molecule has 21 heavy (non-hydrogen) atoms. The van der Waals surface area contributed by atoms with Crippen molar-refractivity contribution in [1.82, 2.24) is 0 Å². The van der Waals surface area contributed by atoms with Gasteiger partial charge in [-0.1, -0.05) is 18.2 Å². The molecule has 0 radical (unpaired) electrons. The van der Waals surface area contributed by atoms with E-state index in [0.717, 1.165) is 17.7 Å². The first-order valence-corrected chi connectivity index (χ1v) is 6.40. The highest BCUT2D eigenvalue weighted by atomic mass is 19.1. The molecule has 5 heteroatoms. The van der Waals surface area contributed by atoms with Crippen LogP contribution in [0.2, 0.25) is 0 Å². The highest BCUT2D eigenvalue weighted by molar-refractivity contribution is 5.60. The van der Waals surface area contributed by atoms with E-state index in [1.807, 2.05) is 0 Å². The third-order valence-electron chi connectivity index (χ3n) is 3.20. The van der Waals surface area contributed by atoms with Crippen LogP contribution in [-0.4, -0.2) is 11.7 Å². The third-order valence-corrected chi connectivity index (χ3v) is 3.20. The highest BCUT2D eigenvalue weighted by Crippen LogP contribution is 2.23. The number of hydrogen-bond acceptors (Lipinski definition) is 3. The largest absolute Gasteiger partial charge is 0.386 e. The van der Waals surface area contributed by atoms with Crippen molar-refractivity contribution < 1.29 is 13.9 Å². The predicted molar refractivity (Wildman–Crippen MR) is 75.7 cm³/mol. The maximum atomic E-state index is 13.6. The maximum Gasteiger partial charge on any atom is 0.132 e. The topological polar surface area (TPSA) is 56.0 Å². The van der Waals surface area contributed by atoms with Gasteiger partial charge in [0.2, 0.25) is 0 Å². The van der Waals surface area contributed by atoms with E-state index in [0.29, 0.717) is 11.3 Å². The number of anilines is 1. The van der Waals surface area contributed by atoms with Crippen molar-refractivity contribution in [3.8, 4) is 6.07 Å². The van der Waals surface area contributed by atoms with Crippen molar-refractivity contribution in [2.24, 2.45) is 0 Å². The standard InChI is InChI=1S/C16H14F2N2O/c1-10-4-2-7-14(11(10)8-19)20-9-15(21)16-12(17)5-3-6-13(16)18/h2-7,15,20-21H,9H2,1H3. The van der Waals surface area contributed by atoms with Crippen LogP contribution in [-0.2, 0) is 0 Å². The number of hydrogen-bond donors (Lipinski definition) is 2. The molecular formula is C16H14F2N2O. The SMILES string of the molecule is Cc1cccc(NCC(O)c2c(F)cccc2F)c1C#N. The summed E-state index contributed by atoms with van der Waals surface area (Å²) in [6.45, 7) is 1.69. The second-order valence-electron chi connectivity index (χ2n) is 4.64. The van der Waals surface area contributed by atoms with Crippen LogP contribution < -0.4 is 5.32 Å². The van der Waals surface area contributed by atoms with E-state index in [4.69, 9.17) is 5.26 Å². The third kappa shape index (κ3) is 3.18. The Morgan fingerprint density at radius 1 is 1.19 bits per heavy atom. The first-order valence-electron chi connectivity index (χ1n) is 6.40. The molecule has 0 spiro atoms. The summed E-state index contributed by atoms with van der Waals surface area (Å²) in [5.74, 6) is -1.59. The molecule has 2 rings (SSSR count). The van der Waals surface area contributed by atoms with Crippen LogP contribution in [0.5, 0.6) is 0 Å². The Bertz CT molecular complexity index is 675. The smallest absolute Gasteiger partial charge is 0.132 e. The van der Waals surface area contributed by atoms with E-state index in [1.54, 1.807) is 25.1 Å². The minimum absolute atomic E-state index is 0.101. The zero-order valence-corrected chi connectivity index (χ0v) is 11.4. The summed E-state index contributed by atoms with van der Waals surface area (Å²) < 4.78 is 27.1. The van der Waals surface area contributed by atoms with Gasteiger partial charge in [0, 0.05) is 6.54 Å². The summed E-state index contributed by atoms with van der Waals surface area (Å²) in [7, 11) is 0. The summed E-state index contributed by atoms with van der Waals surface area (Å²) in [5, 5.41) is 21.9. The number of halogens is 2. The molecule has 0 fully saturated rings. The zero-order valence-electron chi connectivity index (χ0n) is 11.4. The molecule has 0 heterocycles. The van der Waals surface area contributed by atoms with E-state index in [-0.39, 0.29) is 12.1 Å². The van der Waals surface area contributed by atoms with Crippen LogP contribution in [0.1, 0.15) is 22.8 Å². The van der Waals surface area contributed by atoms with Gasteiger partial charge in [-0.2, -0.15) is 5.26 Å². The minimum Gasteiger partial charge on any atom is -0.386 e. The Kier molecular flexibility index (Phi) is 4.51. The number of aryl methyl sites for hydroxylation is 1.